The smallest absolute Gasteiger partial charge is 0.164 e. The van der Waals surface area contributed by atoms with Gasteiger partial charge in [-0.05, 0) is 25.0 Å². The van der Waals surface area contributed by atoms with Gasteiger partial charge in [0.15, 0.2) is 5.82 Å². The maximum absolute atomic E-state index is 6.02. The normalized spacial score (nSPS) is 19.1. The van der Waals surface area contributed by atoms with Crippen LogP contribution < -0.4 is 0 Å². The Bertz CT molecular complexity index is 547. The van der Waals surface area contributed by atoms with Crippen LogP contribution in [0.2, 0.25) is 5.02 Å². The fourth-order valence-corrected chi connectivity index (χ4v) is 2.62. The SMILES string of the molecule is CC1CCCn2c(-c3cccc(Cl)c3)nnc21. The van der Waals surface area contributed by atoms with Crippen LogP contribution in [0.25, 0.3) is 11.4 Å². The highest BCUT2D eigenvalue weighted by molar-refractivity contribution is 6.30. The summed E-state index contributed by atoms with van der Waals surface area (Å²) < 4.78 is 2.22. The maximum Gasteiger partial charge on any atom is 0.164 e. The van der Waals surface area contributed by atoms with Crippen LogP contribution in [0.15, 0.2) is 24.3 Å². The molecule has 2 aromatic rings. The minimum Gasteiger partial charge on any atom is -0.311 e. The van der Waals surface area contributed by atoms with E-state index in [9.17, 15) is 0 Å². The predicted molar refractivity (Wildman–Crippen MR) is 68.1 cm³/mol. The summed E-state index contributed by atoms with van der Waals surface area (Å²) in [4.78, 5) is 0. The predicted octanol–water partition coefficient (Wildman–Crippen LogP) is 3.50. The highest BCUT2D eigenvalue weighted by Crippen LogP contribution is 2.30. The van der Waals surface area contributed by atoms with Gasteiger partial charge in [0.25, 0.3) is 0 Å². The van der Waals surface area contributed by atoms with Crippen molar-refractivity contribution in [3.05, 3.63) is 35.1 Å². The average Bonchev–Trinajstić information content (AvgIpc) is 2.74. The van der Waals surface area contributed by atoms with Crippen LogP contribution in [0.5, 0.6) is 0 Å². The second kappa shape index (κ2) is 4.15. The molecule has 2 heterocycles. The zero-order valence-electron chi connectivity index (χ0n) is 9.73. The number of hydrogen-bond donors (Lipinski definition) is 0. The van der Waals surface area contributed by atoms with E-state index in [0.717, 1.165) is 28.8 Å². The number of fused-ring (bicyclic) bond motifs is 1. The van der Waals surface area contributed by atoms with E-state index in [4.69, 9.17) is 11.6 Å². The van der Waals surface area contributed by atoms with Crippen molar-refractivity contribution in [2.75, 3.05) is 0 Å². The molecule has 0 saturated carbocycles. The third-order valence-corrected chi connectivity index (χ3v) is 3.56. The minimum atomic E-state index is 0.504. The Morgan fingerprint density at radius 2 is 2.24 bits per heavy atom. The van der Waals surface area contributed by atoms with Gasteiger partial charge in [-0.1, -0.05) is 30.7 Å². The van der Waals surface area contributed by atoms with Crippen LogP contribution in [0.4, 0.5) is 0 Å². The summed E-state index contributed by atoms with van der Waals surface area (Å²) in [5.74, 6) is 2.55. The quantitative estimate of drug-likeness (QED) is 0.772. The molecule has 3 rings (SSSR count). The fourth-order valence-electron chi connectivity index (χ4n) is 2.43. The van der Waals surface area contributed by atoms with Gasteiger partial charge >= 0.3 is 0 Å². The molecule has 0 radical (unpaired) electrons. The molecule has 3 nitrogen and oxygen atoms in total. The molecule has 0 spiro atoms. The average molecular weight is 248 g/mol. The lowest BCUT2D eigenvalue weighted by molar-refractivity contribution is 0.466. The third-order valence-electron chi connectivity index (χ3n) is 3.32. The van der Waals surface area contributed by atoms with E-state index in [1.165, 1.54) is 12.8 Å². The first-order valence-electron chi connectivity index (χ1n) is 5.95. The Morgan fingerprint density at radius 1 is 1.35 bits per heavy atom. The first kappa shape index (κ1) is 10.8. The van der Waals surface area contributed by atoms with Gasteiger partial charge in [-0.25, -0.2) is 0 Å². The molecule has 17 heavy (non-hydrogen) atoms. The highest BCUT2D eigenvalue weighted by atomic mass is 35.5. The summed E-state index contributed by atoms with van der Waals surface area (Å²) in [6.45, 7) is 3.22. The first-order chi connectivity index (χ1) is 8.25. The Kier molecular flexibility index (Phi) is 2.63. The van der Waals surface area contributed by atoms with Gasteiger partial charge in [0, 0.05) is 23.0 Å². The van der Waals surface area contributed by atoms with E-state index in [1.54, 1.807) is 0 Å². The molecule has 1 aliphatic rings. The molecule has 1 atom stereocenters. The van der Waals surface area contributed by atoms with Crippen LogP contribution in [0, 0.1) is 0 Å². The number of rotatable bonds is 1. The van der Waals surface area contributed by atoms with Crippen LogP contribution in [-0.2, 0) is 6.54 Å². The van der Waals surface area contributed by atoms with E-state index in [-0.39, 0.29) is 0 Å². The fraction of sp³-hybridized carbons (Fsp3) is 0.385. The number of nitrogens with zero attached hydrogens (tertiary/aromatic N) is 3. The van der Waals surface area contributed by atoms with E-state index < -0.39 is 0 Å². The summed E-state index contributed by atoms with van der Waals surface area (Å²) >= 11 is 6.02. The number of halogens is 1. The van der Waals surface area contributed by atoms with Gasteiger partial charge in [-0.3, -0.25) is 0 Å². The van der Waals surface area contributed by atoms with E-state index >= 15 is 0 Å². The second-order valence-electron chi connectivity index (χ2n) is 4.59. The summed E-state index contributed by atoms with van der Waals surface area (Å²) in [5.41, 5.74) is 1.05. The highest BCUT2D eigenvalue weighted by Gasteiger charge is 2.22. The molecule has 0 fully saturated rings. The summed E-state index contributed by atoms with van der Waals surface area (Å²) in [5, 5.41) is 9.37. The number of benzene rings is 1. The van der Waals surface area contributed by atoms with Gasteiger partial charge < -0.3 is 4.57 Å². The van der Waals surface area contributed by atoms with Crippen LogP contribution in [0.1, 0.15) is 31.5 Å². The second-order valence-corrected chi connectivity index (χ2v) is 5.02. The summed E-state index contributed by atoms with van der Waals surface area (Å²) in [6.07, 6.45) is 2.40. The van der Waals surface area contributed by atoms with Crippen LogP contribution in [0.3, 0.4) is 0 Å². The molecular weight excluding hydrogens is 234 g/mol. The molecule has 88 valence electrons. The van der Waals surface area contributed by atoms with E-state index in [0.29, 0.717) is 5.92 Å². The Hall–Kier alpha value is -1.35. The summed E-state index contributed by atoms with van der Waals surface area (Å²) in [6, 6.07) is 7.80. The zero-order chi connectivity index (χ0) is 11.8. The molecule has 1 aromatic carbocycles. The molecule has 0 N–H and O–H groups in total. The molecule has 1 aromatic heterocycles. The van der Waals surface area contributed by atoms with E-state index in [2.05, 4.69) is 21.7 Å². The van der Waals surface area contributed by atoms with Crippen molar-refractivity contribution in [2.24, 2.45) is 0 Å². The molecule has 0 bridgehead atoms. The number of aromatic nitrogens is 3. The largest absolute Gasteiger partial charge is 0.311 e. The van der Waals surface area contributed by atoms with Crippen molar-refractivity contribution in [3.8, 4) is 11.4 Å². The van der Waals surface area contributed by atoms with Gasteiger partial charge in [0.2, 0.25) is 0 Å². The molecule has 1 aliphatic heterocycles. The lowest BCUT2D eigenvalue weighted by atomic mass is 10.0. The molecule has 0 aliphatic carbocycles. The minimum absolute atomic E-state index is 0.504. The van der Waals surface area contributed by atoms with Gasteiger partial charge in [-0.2, -0.15) is 0 Å². The van der Waals surface area contributed by atoms with Crippen molar-refractivity contribution in [1.82, 2.24) is 14.8 Å². The lowest BCUT2D eigenvalue weighted by Crippen LogP contribution is -2.14. The monoisotopic (exact) mass is 247 g/mol. The Morgan fingerprint density at radius 3 is 3.06 bits per heavy atom. The molecule has 1 unspecified atom stereocenters. The third kappa shape index (κ3) is 1.84. The van der Waals surface area contributed by atoms with Gasteiger partial charge in [0.1, 0.15) is 5.82 Å². The molecule has 0 saturated heterocycles. The Balaban J connectivity index is 2.10. The van der Waals surface area contributed by atoms with E-state index in [1.807, 2.05) is 24.3 Å². The maximum atomic E-state index is 6.02. The zero-order valence-corrected chi connectivity index (χ0v) is 10.5. The molecular formula is C13H14ClN3. The number of hydrogen-bond acceptors (Lipinski definition) is 2. The summed E-state index contributed by atoms with van der Waals surface area (Å²) in [7, 11) is 0. The van der Waals surface area contributed by atoms with Crippen LogP contribution in [-0.4, -0.2) is 14.8 Å². The van der Waals surface area contributed by atoms with Crippen molar-refractivity contribution in [1.29, 1.82) is 0 Å². The lowest BCUT2D eigenvalue weighted by Gasteiger charge is -2.20. The van der Waals surface area contributed by atoms with Gasteiger partial charge in [-0.15, -0.1) is 10.2 Å². The standard InChI is InChI=1S/C13H14ClN3/c1-9-4-3-7-17-12(9)15-16-13(17)10-5-2-6-11(14)8-10/h2,5-6,8-9H,3-4,7H2,1H3. The molecule has 4 heteroatoms. The van der Waals surface area contributed by atoms with Crippen molar-refractivity contribution in [2.45, 2.75) is 32.2 Å². The van der Waals surface area contributed by atoms with Gasteiger partial charge in [0.05, 0.1) is 0 Å². The topological polar surface area (TPSA) is 30.7 Å². The van der Waals surface area contributed by atoms with Crippen molar-refractivity contribution in [3.63, 3.8) is 0 Å². The Labute approximate surface area is 105 Å². The van der Waals surface area contributed by atoms with Crippen molar-refractivity contribution >= 4 is 11.6 Å². The van der Waals surface area contributed by atoms with Crippen LogP contribution >= 0.6 is 11.6 Å². The first-order valence-corrected chi connectivity index (χ1v) is 6.32. The molecule has 0 amide bonds. The van der Waals surface area contributed by atoms with Crippen molar-refractivity contribution < 1.29 is 0 Å².